The number of nitrogens with zero attached hydrogens (tertiary/aromatic N) is 2. The number of ether oxygens (including phenoxy) is 1. The number of carbonyl (C=O) groups is 2. The Morgan fingerprint density at radius 2 is 1.79 bits per heavy atom. The maximum Gasteiger partial charge on any atom is 0.242 e. The molecule has 2 aromatic rings. The number of anilines is 1. The first-order valence-corrected chi connectivity index (χ1v) is 15.1. The number of rotatable bonds is 12. The summed E-state index contributed by atoms with van der Waals surface area (Å²) in [6, 6.07) is 12.5. The normalized spacial score (nSPS) is 14.7. The van der Waals surface area contributed by atoms with Crippen LogP contribution in [0.3, 0.4) is 0 Å². The maximum absolute atomic E-state index is 13.5. The first-order valence-electron chi connectivity index (χ1n) is 13.3. The Balaban J connectivity index is 1.75. The zero-order chi connectivity index (χ0) is 27.9. The van der Waals surface area contributed by atoms with Crippen molar-refractivity contribution in [3.8, 4) is 5.75 Å². The second-order valence-electron chi connectivity index (χ2n) is 10.2. The van der Waals surface area contributed by atoms with Crippen LogP contribution in [0.5, 0.6) is 5.75 Å². The van der Waals surface area contributed by atoms with Gasteiger partial charge < -0.3 is 15.0 Å². The predicted molar refractivity (Wildman–Crippen MR) is 151 cm³/mol. The Labute approximate surface area is 227 Å². The molecule has 0 radical (unpaired) electrons. The summed E-state index contributed by atoms with van der Waals surface area (Å²) < 4.78 is 32.0. The molecule has 0 bridgehead atoms. The van der Waals surface area contributed by atoms with Crippen molar-refractivity contribution in [2.45, 2.75) is 77.9 Å². The number of carbonyl (C=O) groups excluding carboxylic acids is 2. The molecular weight excluding hydrogens is 502 g/mol. The Kier molecular flexibility index (Phi) is 10.2. The number of hydrogen-bond acceptors (Lipinski definition) is 5. The van der Waals surface area contributed by atoms with Crippen LogP contribution in [0.15, 0.2) is 42.5 Å². The second kappa shape index (κ2) is 13.1. The van der Waals surface area contributed by atoms with Gasteiger partial charge >= 0.3 is 0 Å². The minimum absolute atomic E-state index is 0.113. The molecule has 1 aliphatic rings. The first-order chi connectivity index (χ1) is 18.0. The van der Waals surface area contributed by atoms with Gasteiger partial charge in [0.25, 0.3) is 0 Å². The Morgan fingerprint density at radius 1 is 1.11 bits per heavy atom. The molecule has 1 saturated carbocycles. The van der Waals surface area contributed by atoms with Gasteiger partial charge in [0.15, 0.2) is 0 Å². The summed E-state index contributed by atoms with van der Waals surface area (Å²) in [5.74, 6) is 0.313. The van der Waals surface area contributed by atoms with Crippen LogP contribution in [0, 0.1) is 13.8 Å². The molecule has 1 N–H and O–H groups in total. The first kappa shape index (κ1) is 29.5. The SMILES string of the molecule is COc1cccc(CN(C(=O)CCCN(c2cccc(C)c2C)S(C)(=O)=O)C(C)C(=O)NC2CCCC2)c1. The van der Waals surface area contributed by atoms with E-state index >= 15 is 0 Å². The number of benzene rings is 2. The van der Waals surface area contributed by atoms with Crippen LogP contribution in [0.2, 0.25) is 0 Å². The summed E-state index contributed by atoms with van der Waals surface area (Å²) in [6.07, 6.45) is 5.74. The number of methoxy groups -OCH3 is 1. The fraction of sp³-hybridized carbons (Fsp3) is 0.517. The highest BCUT2D eigenvalue weighted by molar-refractivity contribution is 7.92. The average Bonchev–Trinajstić information content (AvgIpc) is 3.39. The molecule has 0 aliphatic heterocycles. The number of nitrogens with one attached hydrogen (secondary N) is 1. The van der Waals surface area contributed by atoms with E-state index in [1.54, 1.807) is 25.0 Å². The lowest BCUT2D eigenvalue weighted by molar-refractivity contribution is -0.141. The summed E-state index contributed by atoms with van der Waals surface area (Å²) in [7, 11) is -1.96. The monoisotopic (exact) mass is 543 g/mol. The lowest BCUT2D eigenvalue weighted by atomic mass is 10.1. The quantitative estimate of drug-likeness (QED) is 0.430. The molecule has 2 amide bonds. The zero-order valence-electron chi connectivity index (χ0n) is 23.2. The third-order valence-corrected chi connectivity index (χ3v) is 8.53. The fourth-order valence-corrected chi connectivity index (χ4v) is 5.95. The molecule has 0 saturated heterocycles. The molecular formula is C29H41N3O5S. The van der Waals surface area contributed by atoms with Gasteiger partial charge in [0.2, 0.25) is 21.8 Å². The highest BCUT2D eigenvalue weighted by Crippen LogP contribution is 2.26. The Bertz CT molecular complexity index is 1220. The molecule has 8 nitrogen and oxygen atoms in total. The fourth-order valence-electron chi connectivity index (χ4n) is 4.93. The van der Waals surface area contributed by atoms with Gasteiger partial charge in [0.05, 0.1) is 19.1 Å². The Morgan fingerprint density at radius 3 is 2.45 bits per heavy atom. The lowest BCUT2D eigenvalue weighted by Crippen LogP contribution is -2.49. The van der Waals surface area contributed by atoms with Gasteiger partial charge in [-0.25, -0.2) is 8.42 Å². The second-order valence-corrected chi connectivity index (χ2v) is 12.1. The largest absolute Gasteiger partial charge is 0.497 e. The summed E-state index contributed by atoms with van der Waals surface area (Å²) >= 11 is 0. The van der Waals surface area contributed by atoms with E-state index in [1.807, 2.05) is 50.2 Å². The molecule has 9 heteroatoms. The van der Waals surface area contributed by atoms with Crippen molar-refractivity contribution in [2.24, 2.45) is 0 Å². The Hall–Kier alpha value is -3.07. The average molecular weight is 544 g/mol. The van der Waals surface area contributed by atoms with E-state index < -0.39 is 16.1 Å². The summed E-state index contributed by atoms with van der Waals surface area (Å²) in [4.78, 5) is 28.2. The van der Waals surface area contributed by atoms with Crippen LogP contribution in [0.25, 0.3) is 0 Å². The molecule has 1 unspecified atom stereocenters. The van der Waals surface area contributed by atoms with Crippen molar-refractivity contribution >= 4 is 27.5 Å². The van der Waals surface area contributed by atoms with Crippen LogP contribution in [0.4, 0.5) is 5.69 Å². The van der Waals surface area contributed by atoms with E-state index in [0.29, 0.717) is 17.9 Å². The standard InChI is InChI=1S/C29H41N3O5S/c1-21-11-8-16-27(22(21)2)32(38(5,35)36)18-10-17-28(33)31(20-24-12-9-15-26(19-24)37-4)23(3)29(34)30-25-13-6-7-14-25/h8-9,11-12,15-16,19,23,25H,6-7,10,13-14,17-18,20H2,1-5H3,(H,30,34). The molecule has 0 heterocycles. The van der Waals surface area contributed by atoms with Gasteiger partial charge in [-0.3, -0.25) is 13.9 Å². The highest BCUT2D eigenvalue weighted by atomic mass is 32.2. The summed E-state index contributed by atoms with van der Waals surface area (Å²) in [6.45, 7) is 6.01. The third kappa shape index (κ3) is 7.72. The van der Waals surface area contributed by atoms with Crippen LogP contribution in [0.1, 0.15) is 62.1 Å². The van der Waals surface area contributed by atoms with Crippen LogP contribution in [-0.2, 0) is 26.2 Å². The molecule has 1 fully saturated rings. The number of aryl methyl sites for hydroxylation is 1. The van der Waals surface area contributed by atoms with Gasteiger partial charge in [-0.1, -0.05) is 37.1 Å². The minimum atomic E-state index is -3.54. The number of hydrogen-bond donors (Lipinski definition) is 1. The van der Waals surface area contributed by atoms with Gasteiger partial charge in [-0.05, 0) is 74.9 Å². The topological polar surface area (TPSA) is 96.0 Å². The van der Waals surface area contributed by atoms with Crippen LogP contribution >= 0.6 is 0 Å². The van der Waals surface area contributed by atoms with Gasteiger partial charge in [0.1, 0.15) is 11.8 Å². The third-order valence-electron chi connectivity index (χ3n) is 7.35. The van der Waals surface area contributed by atoms with E-state index in [-0.39, 0.29) is 37.4 Å². The molecule has 3 rings (SSSR count). The molecule has 1 aliphatic carbocycles. The molecule has 0 aromatic heterocycles. The van der Waals surface area contributed by atoms with Crippen molar-refractivity contribution < 1.29 is 22.7 Å². The molecule has 0 spiro atoms. The van der Waals surface area contributed by atoms with Crippen molar-refractivity contribution in [1.29, 1.82) is 0 Å². The van der Waals surface area contributed by atoms with E-state index in [9.17, 15) is 18.0 Å². The smallest absolute Gasteiger partial charge is 0.242 e. The van der Waals surface area contributed by atoms with Gasteiger partial charge in [-0.2, -0.15) is 0 Å². The maximum atomic E-state index is 13.5. The van der Waals surface area contributed by atoms with E-state index in [2.05, 4.69) is 5.32 Å². The summed E-state index contributed by atoms with van der Waals surface area (Å²) in [5, 5.41) is 3.10. The number of sulfonamides is 1. The molecule has 1 atom stereocenters. The van der Waals surface area contributed by atoms with E-state index in [4.69, 9.17) is 4.74 Å². The zero-order valence-corrected chi connectivity index (χ0v) is 24.0. The van der Waals surface area contributed by atoms with Crippen molar-refractivity contribution in [2.75, 3.05) is 24.2 Å². The van der Waals surface area contributed by atoms with Crippen molar-refractivity contribution in [1.82, 2.24) is 10.2 Å². The minimum Gasteiger partial charge on any atom is -0.497 e. The van der Waals surface area contributed by atoms with Crippen molar-refractivity contribution in [3.63, 3.8) is 0 Å². The van der Waals surface area contributed by atoms with Gasteiger partial charge in [-0.15, -0.1) is 0 Å². The van der Waals surface area contributed by atoms with Crippen molar-refractivity contribution in [3.05, 3.63) is 59.2 Å². The van der Waals surface area contributed by atoms with Crippen LogP contribution < -0.4 is 14.4 Å². The summed E-state index contributed by atoms with van der Waals surface area (Å²) in [5.41, 5.74) is 3.36. The van der Waals surface area contributed by atoms with Crippen LogP contribution in [-0.4, -0.2) is 57.1 Å². The predicted octanol–water partition coefficient (Wildman–Crippen LogP) is 4.33. The molecule has 38 heavy (non-hydrogen) atoms. The van der Waals surface area contributed by atoms with Gasteiger partial charge in [0, 0.05) is 25.6 Å². The van der Waals surface area contributed by atoms with E-state index in [1.165, 1.54) is 10.6 Å². The molecule has 2 aromatic carbocycles. The number of amides is 2. The lowest BCUT2D eigenvalue weighted by Gasteiger charge is -2.30. The highest BCUT2D eigenvalue weighted by Gasteiger charge is 2.29. The molecule has 208 valence electrons. The van der Waals surface area contributed by atoms with E-state index in [0.717, 1.165) is 42.4 Å².